The Morgan fingerprint density at radius 3 is 1.12 bits per heavy atom. The number of ether oxygens (including phenoxy) is 1. The first-order chi connectivity index (χ1) is 6.42. The molecule has 0 aromatic carbocycles. The molecule has 0 bridgehead atoms. The molecule has 98 valence electrons. The molecule has 0 N–H and O–H groups in total. The molecule has 3 nitrogen and oxygen atoms in total. The second-order valence-electron chi connectivity index (χ2n) is 5.55. The van der Waals surface area contributed by atoms with Crippen LogP contribution in [0.2, 0.25) is 0 Å². The van der Waals surface area contributed by atoms with Crippen LogP contribution in [0.25, 0.3) is 0 Å². The highest BCUT2D eigenvalue weighted by molar-refractivity contribution is 5.80. The average Bonchev–Trinajstić information content (AvgIpc) is 2.00. The van der Waals surface area contributed by atoms with E-state index in [0.29, 0.717) is 0 Å². The fourth-order valence-electron chi connectivity index (χ4n) is 0.306. The van der Waals surface area contributed by atoms with Crippen molar-refractivity contribution >= 4 is 11.8 Å². The molecule has 0 aliphatic rings. The number of rotatable bonds is 0. The number of carbonyl (C=O) groups is 2. The Kier molecular flexibility index (Phi) is 9.52. The van der Waals surface area contributed by atoms with Crippen LogP contribution < -0.4 is 0 Å². The number of Topliss-reactive ketones (excluding diaryl/α,β-unsaturated/α-hetero) is 1. The van der Waals surface area contributed by atoms with E-state index in [1.807, 2.05) is 41.5 Å². The van der Waals surface area contributed by atoms with Crippen LogP contribution >= 0.6 is 0 Å². The van der Waals surface area contributed by atoms with E-state index < -0.39 is 0 Å². The zero-order valence-electron chi connectivity index (χ0n) is 11.2. The van der Waals surface area contributed by atoms with E-state index in [1.165, 1.54) is 7.11 Å². The lowest BCUT2D eigenvalue weighted by molar-refractivity contribution is -0.149. The van der Waals surface area contributed by atoms with E-state index in [2.05, 4.69) is 4.74 Å². The fraction of sp³-hybridized carbons (Fsp3) is 0.846. The minimum atomic E-state index is -0.352. The van der Waals surface area contributed by atoms with Crippen molar-refractivity contribution in [1.29, 1.82) is 0 Å². The molecule has 0 aliphatic carbocycles. The van der Waals surface area contributed by atoms with Crippen LogP contribution in [0.15, 0.2) is 0 Å². The standard InChI is InChI=1S/C6H12O2.C6H12O.CH4/c1-6(2,3)5(7)8-4;1-5(7)6(2,3)4;/h1-4H3;1-4H3;1H4. The minimum Gasteiger partial charge on any atom is -0.469 e. The largest absolute Gasteiger partial charge is 0.469 e. The van der Waals surface area contributed by atoms with Crippen LogP contribution in [-0.2, 0) is 14.3 Å². The van der Waals surface area contributed by atoms with Crippen molar-refractivity contribution < 1.29 is 14.3 Å². The zero-order chi connectivity index (χ0) is 12.9. The number of methoxy groups -OCH3 is 1. The number of esters is 1. The highest BCUT2D eigenvalue weighted by atomic mass is 16.5. The molecule has 0 amide bonds. The van der Waals surface area contributed by atoms with Crippen LogP contribution in [0.4, 0.5) is 0 Å². The van der Waals surface area contributed by atoms with Gasteiger partial charge in [-0.1, -0.05) is 28.2 Å². The Labute approximate surface area is 101 Å². The van der Waals surface area contributed by atoms with E-state index in [4.69, 9.17) is 0 Å². The molecule has 0 saturated carbocycles. The quantitative estimate of drug-likeness (QED) is 0.601. The summed E-state index contributed by atoms with van der Waals surface area (Å²) in [5.74, 6) is 0.0741. The van der Waals surface area contributed by atoms with Crippen molar-refractivity contribution in [2.24, 2.45) is 10.8 Å². The predicted octanol–water partition coefficient (Wildman–Crippen LogP) is 3.46. The van der Waals surface area contributed by atoms with Crippen LogP contribution in [0.3, 0.4) is 0 Å². The summed E-state index contributed by atoms with van der Waals surface area (Å²) >= 11 is 0. The van der Waals surface area contributed by atoms with Crippen LogP contribution in [0.5, 0.6) is 0 Å². The van der Waals surface area contributed by atoms with E-state index in [-0.39, 0.29) is 30.0 Å². The third kappa shape index (κ3) is 11.2. The molecule has 0 radical (unpaired) electrons. The maximum absolute atomic E-state index is 10.6. The second kappa shape index (κ2) is 7.42. The molecule has 0 spiro atoms. The summed E-state index contributed by atoms with van der Waals surface area (Å²) < 4.78 is 4.48. The molecule has 0 saturated heterocycles. The van der Waals surface area contributed by atoms with Gasteiger partial charge in [0.25, 0.3) is 0 Å². The summed E-state index contributed by atoms with van der Waals surface area (Å²) in [6, 6.07) is 0. The molecular weight excluding hydrogens is 204 g/mol. The minimum absolute atomic E-state index is 0. The van der Waals surface area contributed by atoms with Gasteiger partial charge in [0, 0.05) is 5.41 Å². The van der Waals surface area contributed by atoms with E-state index >= 15 is 0 Å². The van der Waals surface area contributed by atoms with Gasteiger partial charge in [-0.2, -0.15) is 0 Å². The average molecular weight is 232 g/mol. The summed E-state index contributed by atoms with van der Waals surface area (Å²) in [7, 11) is 1.40. The normalized spacial score (nSPS) is 10.5. The highest BCUT2D eigenvalue weighted by Gasteiger charge is 2.21. The zero-order valence-corrected chi connectivity index (χ0v) is 11.2. The Bertz CT molecular complexity index is 216. The van der Waals surface area contributed by atoms with Gasteiger partial charge in [-0.25, -0.2) is 0 Å². The first-order valence-electron chi connectivity index (χ1n) is 5.02. The Balaban J connectivity index is -0.000000200. The van der Waals surface area contributed by atoms with Crippen molar-refractivity contribution in [2.75, 3.05) is 7.11 Å². The van der Waals surface area contributed by atoms with Gasteiger partial charge in [0.1, 0.15) is 5.78 Å². The van der Waals surface area contributed by atoms with Crippen LogP contribution in [-0.4, -0.2) is 18.9 Å². The van der Waals surface area contributed by atoms with Gasteiger partial charge in [-0.3, -0.25) is 9.59 Å². The monoisotopic (exact) mass is 232 g/mol. The van der Waals surface area contributed by atoms with Crippen LogP contribution in [0, 0.1) is 10.8 Å². The Morgan fingerprint density at radius 1 is 0.875 bits per heavy atom. The lowest BCUT2D eigenvalue weighted by atomic mass is 9.92. The van der Waals surface area contributed by atoms with Crippen molar-refractivity contribution in [1.82, 2.24) is 0 Å². The molecular formula is C13H28O3. The van der Waals surface area contributed by atoms with Crippen molar-refractivity contribution in [2.45, 2.75) is 55.9 Å². The molecule has 0 rings (SSSR count). The van der Waals surface area contributed by atoms with Crippen molar-refractivity contribution in [3.8, 4) is 0 Å². The molecule has 0 atom stereocenters. The summed E-state index contributed by atoms with van der Waals surface area (Å²) in [5, 5.41) is 0. The SMILES string of the molecule is C.CC(=O)C(C)(C)C.COC(=O)C(C)(C)C. The van der Waals surface area contributed by atoms with Gasteiger partial charge in [0.2, 0.25) is 0 Å². The van der Waals surface area contributed by atoms with Crippen LogP contribution in [0.1, 0.15) is 55.9 Å². The molecule has 0 aromatic heterocycles. The van der Waals surface area contributed by atoms with E-state index in [0.717, 1.165) is 0 Å². The van der Waals surface area contributed by atoms with Gasteiger partial charge in [-0.05, 0) is 27.7 Å². The van der Waals surface area contributed by atoms with Crippen molar-refractivity contribution in [3.63, 3.8) is 0 Å². The molecule has 0 aliphatic heterocycles. The van der Waals surface area contributed by atoms with E-state index in [9.17, 15) is 9.59 Å². The second-order valence-corrected chi connectivity index (χ2v) is 5.55. The third-order valence-corrected chi connectivity index (χ3v) is 1.85. The lowest BCUT2D eigenvalue weighted by Gasteiger charge is -2.13. The molecule has 0 aromatic rings. The smallest absolute Gasteiger partial charge is 0.310 e. The molecule has 0 heterocycles. The van der Waals surface area contributed by atoms with Gasteiger partial charge in [0.05, 0.1) is 12.5 Å². The first kappa shape index (κ1) is 20.5. The van der Waals surface area contributed by atoms with Gasteiger partial charge >= 0.3 is 5.97 Å². The predicted molar refractivity (Wildman–Crippen MR) is 68.3 cm³/mol. The summed E-state index contributed by atoms with van der Waals surface area (Å²) in [6.07, 6.45) is 0. The summed E-state index contributed by atoms with van der Waals surface area (Å²) in [6.45, 7) is 12.8. The number of hydrogen-bond acceptors (Lipinski definition) is 3. The molecule has 3 heteroatoms. The third-order valence-electron chi connectivity index (χ3n) is 1.85. The topological polar surface area (TPSA) is 43.4 Å². The molecule has 0 unspecified atom stereocenters. The number of hydrogen-bond donors (Lipinski definition) is 0. The summed E-state index contributed by atoms with van der Waals surface area (Å²) in [5.41, 5.74) is -0.491. The molecule has 16 heavy (non-hydrogen) atoms. The van der Waals surface area contributed by atoms with Gasteiger partial charge in [-0.15, -0.1) is 0 Å². The fourth-order valence-corrected chi connectivity index (χ4v) is 0.306. The van der Waals surface area contributed by atoms with Gasteiger partial charge < -0.3 is 4.74 Å². The number of carbonyl (C=O) groups excluding carboxylic acids is 2. The Morgan fingerprint density at radius 2 is 1.12 bits per heavy atom. The summed E-state index contributed by atoms with van der Waals surface area (Å²) in [4.78, 5) is 21.1. The lowest BCUT2D eigenvalue weighted by Crippen LogP contribution is -2.21. The first-order valence-corrected chi connectivity index (χ1v) is 5.02. The molecule has 0 fully saturated rings. The highest BCUT2D eigenvalue weighted by Crippen LogP contribution is 2.13. The van der Waals surface area contributed by atoms with E-state index in [1.54, 1.807) is 6.92 Å². The maximum Gasteiger partial charge on any atom is 0.310 e. The van der Waals surface area contributed by atoms with Gasteiger partial charge in [0.15, 0.2) is 0 Å². The van der Waals surface area contributed by atoms with Crippen molar-refractivity contribution in [3.05, 3.63) is 0 Å². The Hall–Kier alpha value is -0.860. The maximum atomic E-state index is 10.6. The number of ketones is 1.